The third kappa shape index (κ3) is 4.11. The first-order chi connectivity index (χ1) is 20.0. The van der Waals surface area contributed by atoms with E-state index in [2.05, 4.69) is 15.1 Å². The molecule has 2 aliphatic rings. The predicted octanol–water partition coefficient (Wildman–Crippen LogP) is 3.57. The van der Waals surface area contributed by atoms with Crippen molar-refractivity contribution in [2.45, 2.75) is 37.0 Å². The van der Waals surface area contributed by atoms with Crippen LogP contribution in [0.3, 0.4) is 0 Å². The van der Waals surface area contributed by atoms with Crippen LogP contribution in [0.5, 0.6) is 0 Å². The summed E-state index contributed by atoms with van der Waals surface area (Å²) in [6.45, 7) is 1.42. The van der Waals surface area contributed by atoms with E-state index in [9.17, 15) is 14.4 Å². The standard InChI is InChI=1S/C28H24N6O6S/c29-26-25-19(7-22(40-25)21-13-41-23-11-30-4-1-18(21)23)20(10-31-26)16-9-32-34(12-16)17-2-5-33(6-3-17)27(37)28(39-15-36)8-24(28)38-14-35/h1,4,7,9-15,17,24H,2-3,5-6,8H2,(H2,29,31). The monoisotopic (exact) mass is 572 g/mol. The number of anilines is 1. The van der Waals surface area contributed by atoms with Crippen molar-refractivity contribution in [1.29, 1.82) is 0 Å². The van der Waals surface area contributed by atoms with Crippen molar-refractivity contribution >= 4 is 57.1 Å². The quantitative estimate of drug-likeness (QED) is 0.273. The van der Waals surface area contributed by atoms with Crippen molar-refractivity contribution in [3.8, 4) is 22.5 Å². The number of nitrogens with zero attached hydrogens (tertiary/aromatic N) is 5. The van der Waals surface area contributed by atoms with Crippen molar-refractivity contribution < 1.29 is 28.3 Å². The Morgan fingerprint density at radius 2 is 2.00 bits per heavy atom. The van der Waals surface area contributed by atoms with Crippen molar-refractivity contribution in [2.75, 3.05) is 18.8 Å². The molecule has 12 nitrogen and oxygen atoms in total. The second-order valence-electron chi connectivity index (χ2n) is 10.2. The Labute approximate surface area is 236 Å². The maximum Gasteiger partial charge on any atom is 0.294 e. The molecule has 1 saturated heterocycles. The van der Waals surface area contributed by atoms with E-state index < -0.39 is 11.7 Å². The van der Waals surface area contributed by atoms with Crippen molar-refractivity contribution in [3.63, 3.8) is 0 Å². The van der Waals surface area contributed by atoms with Gasteiger partial charge >= 0.3 is 0 Å². The maximum absolute atomic E-state index is 13.1. The van der Waals surface area contributed by atoms with Gasteiger partial charge in [-0.1, -0.05) is 0 Å². The molecule has 1 amide bonds. The van der Waals surface area contributed by atoms with Crippen LogP contribution in [0.25, 0.3) is 43.5 Å². The van der Waals surface area contributed by atoms with Crippen LogP contribution in [0, 0.1) is 0 Å². The summed E-state index contributed by atoms with van der Waals surface area (Å²) in [6.07, 6.45) is 9.85. The number of thiophene rings is 1. The van der Waals surface area contributed by atoms with Gasteiger partial charge in [0.15, 0.2) is 17.5 Å². The van der Waals surface area contributed by atoms with E-state index in [4.69, 9.17) is 19.6 Å². The van der Waals surface area contributed by atoms with Crippen molar-refractivity contribution in [2.24, 2.45) is 0 Å². The number of nitrogen functional groups attached to an aromatic ring is 1. The van der Waals surface area contributed by atoms with Crippen LogP contribution in [0.15, 0.2) is 52.9 Å². The van der Waals surface area contributed by atoms with E-state index in [1.165, 1.54) is 0 Å². The van der Waals surface area contributed by atoms with E-state index in [0.29, 0.717) is 43.1 Å². The number of fused-ring (bicyclic) bond motifs is 2. The Morgan fingerprint density at radius 1 is 1.15 bits per heavy atom. The molecule has 0 spiro atoms. The van der Waals surface area contributed by atoms with Crippen LogP contribution < -0.4 is 5.73 Å². The first kappa shape index (κ1) is 25.2. The Hall–Kier alpha value is -4.78. The Kier molecular flexibility index (Phi) is 5.96. The number of pyridine rings is 2. The van der Waals surface area contributed by atoms with Gasteiger partial charge in [0.2, 0.25) is 5.60 Å². The van der Waals surface area contributed by atoms with Crippen molar-refractivity contribution in [3.05, 3.63) is 48.5 Å². The number of rotatable bonds is 8. The number of likely N-dealkylation sites (tertiary alicyclic amines) is 1. The molecular weight excluding hydrogens is 548 g/mol. The molecule has 7 rings (SSSR count). The molecule has 0 aromatic carbocycles. The smallest absolute Gasteiger partial charge is 0.294 e. The van der Waals surface area contributed by atoms with Gasteiger partial charge in [-0.25, -0.2) is 4.98 Å². The average Bonchev–Trinajstić information content (AvgIpc) is 3.42. The number of amides is 1. The largest absolute Gasteiger partial charge is 0.460 e. The molecular formula is C28H24N6O6S. The van der Waals surface area contributed by atoms with E-state index >= 15 is 0 Å². The highest BCUT2D eigenvalue weighted by molar-refractivity contribution is 7.17. The molecule has 1 aliphatic heterocycles. The van der Waals surface area contributed by atoms with E-state index in [-0.39, 0.29) is 31.3 Å². The second kappa shape index (κ2) is 9.70. The number of carbonyl (C=O) groups excluding carboxylic acids is 3. The number of aromatic nitrogens is 4. The van der Waals surface area contributed by atoms with E-state index in [1.807, 2.05) is 34.6 Å². The first-order valence-corrected chi connectivity index (χ1v) is 13.9. The van der Waals surface area contributed by atoms with Gasteiger partial charge in [-0.2, -0.15) is 5.10 Å². The predicted molar refractivity (Wildman–Crippen MR) is 149 cm³/mol. The minimum atomic E-state index is -1.41. The summed E-state index contributed by atoms with van der Waals surface area (Å²) in [4.78, 5) is 45.1. The average molecular weight is 573 g/mol. The Balaban J connectivity index is 1.11. The summed E-state index contributed by atoms with van der Waals surface area (Å²) in [6, 6.07) is 4.03. The number of hydrogen-bond acceptors (Lipinski definition) is 11. The van der Waals surface area contributed by atoms with E-state index in [0.717, 1.165) is 32.2 Å². The number of hydrogen-bond donors (Lipinski definition) is 1. The molecule has 0 bridgehead atoms. The lowest BCUT2D eigenvalue weighted by Gasteiger charge is -2.34. The number of ether oxygens (including phenoxy) is 2. The summed E-state index contributed by atoms with van der Waals surface area (Å²) in [5.41, 5.74) is 8.02. The Bertz CT molecular complexity index is 1800. The molecule has 6 heterocycles. The lowest BCUT2D eigenvalue weighted by atomic mass is 10.0. The highest BCUT2D eigenvalue weighted by Gasteiger charge is 2.67. The van der Waals surface area contributed by atoms with Crippen LogP contribution in [0.4, 0.5) is 5.82 Å². The molecule has 13 heteroatoms. The molecule has 5 aromatic heterocycles. The first-order valence-electron chi connectivity index (χ1n) is 13.1. The fraction of sp³-hybridized carbons (Fsp3) is 0.286. The van der Waals surface area contributed by atoms with Crippen LogP contribution >= 0.6 is 11.3 Å². The molecule has 1 saturated carbocycles. The zero-order valence-electron chi connectivity index (χ0n) is 21.6. The lowest BCUT2D eigenvalue weighted by Crippen LogP contribution is -2.48. The van der Waals surface area contributed by atoms with Gasteiger partial charge in [-0.05, 0) is 25.0 Å². The molecule has 1 aliphatic carbocycles. The summed E-state index contributed by atoms with van der Waals surface area (Å²) >= 11 is 1.60. The van der Waals surface area contributed by atoms with Gasteiger partial charge in [-0.3, -0.25) is 24.0 Å². The Morgan fingerprint density at radius 3 is 2.80 bits per heavy atom. The minimum Gasteiger partial charge on any atom is -0.460 e. The fourth-order valence-electron chi connectivity index (χ4n) is 5.68. The molecule has 208 valence electrons. The normalized spacial score (nSPS) is 20.8. The van der Waals surface area contributed by atoms with Gasteiger partial charge in [0.25, 0.3) is 18.9 Å². The maximum atomic E-state index is 13.1. The van der Waals surface area contributed by atoms with Crippen LogP contribution in [-0.2, 0) is 23.9 Å². The molecule has 2 atom stereocenters. The molecule has 2 unspecified atom stereocenters. The van der Waals surface area contributed by atoms with Gasteiger partial charge < -0.3 is 24.5 Å². The third-order valence-corrected chi connectivity index (χ3v) is 8.89. The fourth-order valence-corrected chi connectivity index (χ4v) is 6.60. The van der Waals surface area contributed by atoms with Gasteiger partial charge in [0, 0.05) is 77.1 Å². The van der Waals surface area contributed by atoms with Gasteiger partial charge in [0.1, 0.15) is 5.76 Å². The number of nitrogens with two attached hydrogens (primary N) is 1. The van der Waals surface area contributed by atoms with Gasteiger partial charge in [-0.15, -0.1) is 11.3 Å². The van der Waals surface area contributed by atoms with Crippen molar-refractivity contribution in [1.82, 2.24) is 24.6 Å². The zero-order chi connectivity index (χ0) is 28.1. The topological polar surface area (TPSA) is 156 Å². The minimum absolute atomic E-state index is 0.0693. The SMILES string of the molecule is Nc1ncc(-c2cnn(C3CCN(C(=O)C4(OC=O)CC4OC=O)CC3)c2)c2cc(-c3csc4cnccc34)oc12. The molecule has 5 aromatic rings. The number of piperidine rings is 1. The number of carbonyl (C=O) groups is 3. The van der Waals surface area contributed by atoms with Crippen LogP contribution in [0.1, 0.15) is 25.3 Å². The molecule has 0 radical (unpaired) electrons. The summed E-state index contributed by atoms with van der Waals surface area (Å²) < 4.78 is 19.2. The number of furan rings is 1. The highest BCUT2D eigenvalue weighted by atomic mass is 32.1. The highest BCUT2D eigenvalue weighted by Crippen LogP contribution is 2.45. The third-order valence-electron chi connectivity index (χ3n) is 7.96. The second-order valence-corrected chi connectivity index (χ2v) is 11.1. The summed E-state index contributed by atoms with van der Waals surface area (Å²) in [7, 11) is 0. The van der Waals surface area contributed by atoms with Crippen LogP contribution in [0.2, 0.25) is 0 Å². The lowest BCUT2D eigenvalue weighted by molar-refractivity contribution is -0.160. The van der Waals surface area contributed by atoms with E-state index in [1.54, 1.807) is 34.8 Å². The van der Waals surface area contributed by atoms with Gasteiger partial charge in [0.05, 0.1) is 16.9 Å². The van der Waals surface area contributed by atoms with Crippen LogP contribution in [-0.4, -0.2) is 68.3 Å². The zero-order valence-corrected chi connectivity index (χ0v) is 22.5. The molecule has 41 heavy (non-hydrogen) atoms. The summed E-state index contributed by atoms with van der Waals surface area (Å²) in [5.74, 6) is 0.681. The molecule has 2 fully saturated rings. The summed E-state index contributed by atoms with van der Waals surface area (Å²) in [5, 5.41) is 8.59. The molecule has 2 N–H and O–H groups in total.